The maximum absolute atomic E-state index is 12.7. The van der Waals surface area contributed by atoms with E-state index in [9.17, 15) is 4.79 Å². The van der Waals surface area contributed by atoms with Crippen LogP contribution < -0.4 is 10.2 Å². The smallest absolute Gasteiger partial charge is 0.175 e. The van der Waals surface area contributed by atoms with Crippen LogP contribution in [0.15, 0.2) is 84.0 Å². The molecule has 29 heavy (non-hydrogen) atoms. The average Bonchev–Trinajstić information content (AvgIpc) is 2.78. The van der Waals surface area contributed by atoms with Crippen molar-refractivity contribution in [2.24, 2.45) is 0 Å². The summed E-state index contributed by atoms with van der Waals surface area (Å²) in [5.74, 6) is 0.939. The van der Waals surface area contributed by atoms with Gasteiger partial charge in [0.15, 0.2) is 10.9 Å². The Morgan fingerprint density at radius 2 is 1.69 bits per heavy atom. The highest BCUT2D eigenvalue weighted by molar-refractivity contribution is 7.99. The van der Waals surface area contributed by atoms with Crippen LogP contribution >= 0.6 is 11.8 Å². The molecule has 0 spiro atoms. The van der Waals surface area contributed by atoms with Crippen molar-refractivity contribution in [3.63, 3.8) is 0 Å². The first-order chi connectivity index (χ1) is 14.2. The number of ketones is 1. The molecule has 0 atom stereocenters. The molecule has 5 nitrogen and oxygen atoms in total. The summed E-state index contributed by atoms with van der Waals surface area (Å²) in [6.45, 7) is 0. The predicted molar refractivity (Wildman–Crippen MR) is 115 cm³/mol. The Morgan fingerprint density at radius 1 is 1.00 bits per heavy atom. The van der Waals surface area contributed by atoms with Crippen LogP contribution in [0.1, 0.15) is 10.4 Å². The molecule has 0 aliphatic rings. The highest BCUT2D eigenvalue weighted by Gasteiger charge is 2.14. The van der Waals surface area contributed by atoms with Crippen LogP contribution in [0.2, 0.25) is 0 Å². The predicted octanol–water partition coefficient (Wildman–Crippen LogP) is 4.49. The molecular weight excluding hydrogens is 382 g/mol. The topological polar surface area (TPSA) is 68.0 Å². The van der Waals surface area contributed by atoms with Gasteiger partial charge in [-0.1, -0.05) is 42.1 Å². The molecule has 144 valence electrons. The van der Waals surface area contributed by atoms with Gasteiger partial charge in [-0.2, -0.15) is 0 Å². The molecule has 0 unspecified atom stereocenters. The highest BCUT2D eigenvalue weighted by Crippen LogP contribution is 2.22. The van der Waals surface area contributed by atoms with Gasteiger partial charge in [-0.25, -0.2) is 4.98 Å². The molecule has 0 saturated heterocycles. The van der Waals surface area contributed by atoms with E-state index in [2.05, 4.69) is 0 Å². The maximum Gasteiger partial charge on any atom is 0.175 e. The van der Waals surface area contributed by atoms with Crippen LogP contribution in [0, 0.1) is 5.41 Å². The number of carbonyl (C=O) groups excluding carboxylic acids is 1. The zero-order valence-electron chi connectivity index (χ0n) is 15.8. The maximum atomic E-state index is 12.7. The summed E-state index contributed by atoms with van der Waals surface area (Å²) >= 11 is 1.33. The van der Waals surface area contributed by atoms with E-state index in [0.717, 1.165) is 16.6 Å². The number of hydrogen-bond donors (Lipinski definition) is 1. The normalized spacial score (nSPS) is 10.8. The van der Waals surface area contributed by atoms with Crippen molar-refractivity contribution in [3.8, 4) is 11.4 Å². The number of benzene rings is 3. The molecule has 4 aromatic rings. The van der Waals surface area contributed by atoms with Gasteiger partial charge in [0.2, 0.25) is 0 Å². The van der Waals surface area contributed by atoms with Crippen molar-refractivity contribution in [1.82, 2.24) is 9.55 Å². The van der Waals surface area contributed by atoms with Crippen LogP contribution in [-0.2, 0) is 0 Å². The summed E-state index contributed by atoms with van der Waals surface area (Å²) in [6, 6.07) is 24.3. The van der Waals surface area contributed by atoms with Gasteiger partial charge >= 0.3 is 0 Å². The van der Waals surface area contributed by atoms with Gasteiger partial charge in [0.1, 0.15) is 11.2 Å². The van der Waals surface area contributed by atoms with Gasteiger partial charge in [0.05, 0.1) is 18.4 Å². The molecule has 0 radical (unpaired) electrons. The van der Waals surface area contributed by atoms with Gasteiger partial charge in [0.25, 0.3) is 0 Å². The van der Waals surface area contributed by atoms with Gasteiger partial charge in [-0.3, -0.25) is 14.8 Å². The van der Waals surface area contributed by atoms with Gasteiger partial charge in [-0.05, 0) is 48.5 Å². The number of ether oxygens (including phenoxy) is 1. The third-order valence-corrected chi connectivity index (χ3v) is 5.49. The fraction of sp³-hybridized carbons (Fsp3) is 0.0870. The van der Waals surface area contributed by atoms with Crippen molar-refractivity contribution in [2.75, 3.05) is 12.9 Å². The Morgan fingerprint density at radius 3 is 2.41 bits per heavy atom. The molecule has 0 aliphatic carbocycles. The van der Waals surface area contributed by atoms with Crippen LogP contribution in [0.4, 0.5) is 0 Å². The second-order valence-electron chi connectivity index (χ2n) is 6.37. The Hall–Kier alpha value is -3.38. The Kier molecular flexibility index (Phi) is 5.44. The Bertz CT molecular complexity index is 1220. The number of thioether (sulfide) groups is 1. The van der Waals surface area contributed by atoms with Crippen LogP contribution in [0.25, 0.3) is 16.6 Å². The van der Waals surface area contributed by atoms with Crippen LogP contribution in [-0.4, -0.2) is 28.2 Å². The summed E-state index contributed by atoms with van der Waals surface area (Å²) in [5, 5.41) is 10.1. The van der Waals surface area contributed by atoms with E-state index in [4.69, 9.17) is 15.1 Å². The average molecular weight is 401 g/mol. The second kappa shape index (κ2) is 8.32. The first-order valence-electron chi connectivity index (χ1n) is 9.09. The lowest BCUT2D eigenvalue weighted by molar-refractivity contribution is 0.102. The lowest BCUT2D eigenvalue weighted by Gasteiger charge is -2.14. The lowest BCUT2D eigenvalue weighted by atomic mass is 10.1. The summed E-state index contributed by atoms with van der Waals surface area (Å²) in [4.78, 5) is 17.4. The first kappa shape index (κ1) is 19.0. The SMILES string of the molecule is COc1ccc(C(=O)CSc2nc3ccccc3c(=N)n2-c2ccccc2)cc1. The number of fused-ring (bicyclic) bond motifs is 1. The molecule has 3 aromatic carbocycles. The summed E-state index contributed by atoms with van der Waals surface area (Å²) < 4.78 is 6.93. The molecule has 0 aliphatic heterocycles. The van der Waals surface area contributed by atoms with Crippen molar-refractivity contribution >= 4 is 28.4 Å². The number of rotatable bonds is 6. The minimum absolute atomic E-state index is 0.00115. The van der Waals surface area contributed by atoms with Gasteiger partial charge in [0, 0.05) is 16.6 Å². The highest BCUT2D eigenvalue weighted by atomic mass is 32.2. The van der Waals surface area contributed by atoms with Crippen LogP contribution in [0.5, 0.6) is 5.75 Å². The standard InChI is InChI=1S/C23H19N3O2S/c1-28-18-13-11-16(12-14-18)21(27)15-29-23-25-20-10-6-5-9-19(20)22(24)26(23)17-7-3-2-4-8-17/h2-14,24H,15H2,1H3. The molecule has 0 amide bonds. The molecule has 0 bridgehead atoms. The van der Waals surface area contributed by atoms with E-state index in [0.29, 0.717) is 22.0 Å². The van der Waals surface area contributed by atoms with E-state index in [-0.39, 0.29) is 11.5 Å². The van der Waals surface area contributed by atoms with E-state index in [1.807, 2.05) is 54.6 Å². The second-order valence-corrected chi connectivity index (χ2v) is 7.31. The van der Waals surface area contributed by atoms with Gasteiger partial charge < -0.3 is 4.74 Å². The number of methoxy groups -OCH3 is 1. The number of nitrogens with zero attached hydrogens (tertiary/aromatic N) is 2. The van der Waals surface area contributed by atoms with E-state index in [1.54, 1.807) is 35.9 Å². The number of para-hydroxylation sites is 2. The minimum Gasteiger partial charge on any atom is -0.497 e. The monoisotopic (exact) mass is 401 g/mol. The summed E-state index contributed by atoms with van der Waals surface area (Å²) in [6.07, 6.45) is 0. The zero-order valence-corrected chi connectivity index (χ0v) is 16.6. The number of hydrogen-bond acceptors (Lipinski definition) is 5. The molecule has 0 saturated carbocycles. The van der Waals surface area contributed by atoms with E-state index >= 15 is 0 Å². The number of Topliss-reactive ketones (excluding diaryl/α,β-unsaturated/α-hetero) is 1. The van der Waals surface area contributed by atoms with Crippen LogP contribution in [0.3, 0.4) is 0 Å². The van der Waals surface area contributed by atoms with E-state index < -0.39 is 0 Å². The van der Waals surface area contributed by atoms with E-state index in [1.165, 1.54) is 11.8 Å². The first-order valence-corrected chi connectivity index (χ1v) is 10.1. The summed E-state index contributed by atoms with van der Waals surface area (Å²) in [7, 11) is 1.60. The minimum atomic E-state index is -0.00115. The fourth-order valence-corrected chi connectivity index (χ4v) is 3.96. The molecular formula is C23H19N3O2S. The van der Waals surface area contributed by atoms with Gasteiger partial charge in [-0.15, -0.1) is 0 Å². The van der Waals surface area contributed by atoms with Crippen molar-refractivity contribution in [2.45, 2.75) is 5.16 Å². The third-order valence-electron chi connectivity index (χ3n) is 4.55. The fourth-order valence-electron chi connectivity index (χ4n) is 3.04. The molecule has 4 rings (SSSR count). The molecule has 0 fully saturated rings. The third kappa shape index (κ3) is 3.93. The number of nitrogens with one attached hydrogen (secondary N) is 1. The van der Waals surface area contributed by atoms with Crippen molar-refractivity contribution in [1.29, 1.82) is 5.41 Å². The number of aromatic nitrogens is 2. The van der Waals surface area contributed by atoms with Crippen molar-refractivity contribution < 1.29 is 9.53 Å². The molecule has 1 aromatic heterocycles. The van der Waals surface area contributed by atoms with Crippen molar-refractivity contribution in [3.05, 3.63) is 89.9 Å². The molecule has 1 heterocycles. The lowest BCUT2D eigenvalue weighted by Crippen LogP contribution is -2.22. The Labute approximate surface area is 172 Å². The largest absolute Gasteiger partial charge is 0.497 e. The molecule has 6 heteroatoms. The number of carbonyl (C=O) groups is 1. The Balaban J connectivity index is 1.70. The zero-order chi connectivity index (χ0) is 20.2. The quantitative estimate of drug-likeness (QED) is 0.294. The summed E-state index contributed by atoms with van der Waals surface area (Å²) in [5.41, 5.74) is 2.55. The molecule has 1 N–H and O–H groups in total.